The van der Waals surface area contributed by atoms with Crippen LogP contribution in [0.15, 0.2) is 65.6 Å². The lowest BCUT2D eigenvalue weighted by Crippen LogP contribution is -2.38. The van der Waals surface area contributed by atoms with Gasteiger partial charge in [0.15, 0.2) is 0 Å². The highest BCUT2D eigenvalue weighted by atomic mass is 35.5. The minimum Gasteiger partial charge on any atom is -0.342 e. The summed E-state index contributed by atoms with van der Waals surface area (Å²) < 4.78 is 29.0. The van der Waals surface area contributed by atoms with E-state index >= 15 is 0 Å². The number of anilines is 1. The van der Waals surface area contributed by atoms with Crippen molar-refractivity contribution in [3.8, 4) is 0 Å². The molecule has 1 aliphatic rings. The molecule has 0 bridgehead atoms. The van der Waals surface area contributed by atoms with E-state index in [4.69, 9.17) is 11.6 Å². The first-order valence-electron chi connectivity index (χ1n) is 13.0. The van der Waals surface area contributed by atoms with E-state index in [0.29, 0.717) is 33.8 Å². The van der Waals surface area contributed by atoms with Crippen LogP contribution < -0.4 is 5.32 Å². The molecule has 0 saturated carbocycles. The number of nitrogens with one attached hydrogen (secondary N) is 1. The molecular weight excluding hydrogens is 534 g/mol. The third-order valence-electron chi connectivity index (χ3n) is 6.85. The Morgan fingerprint density at radius 2 is 1.46 bits per heavy atom. The predicted octanol–water partition coefficient (Wildman–Crippen LogP) is 5.26. The van der Waals surface area contributed by atoms with E-state index in [-0.39, 0.29) is 23.9 Å². The van der Waals surface area contributed by atoms with E-state index in [1.165, 1.54) is 4.31 Å². The molecule has 0 radical (unpaired) electrons. The number of benzene rings is 3. The second-order valence-electron chi connectivity index (χ2n) is 10.1. The summed E-state index contributed by atoms with van der Waals surface area (Å²) in [5, 5.41) is 3.35. The van der Waals surface area contributed by atoms with Crippen LogP contribution in [0, 0.1) is 20.8 Å². The molecule has 1 aliphatic heterocycles. The van der Waals surface area contributed by atoms with Gasteiger partial charge in [0.05, 0.1) is 17.9 Å². The number of rotatable bonds is 9. The van der Waals surface area contributed by atoms with Crippen LogP contribution in [0.4, 0.5) is 5.69 Å². The van der Waals surface area contributed by atoms with Crippen LogP contribution in [0.3, 0.4) is 0 Å². The first-order valence-corrected chi connectivity index (χ1v) is 14.8. The lowest BCUT2D eigenvalue weighted by molar-refractivity contribution is -0.129. The molecule has 0 spiro atoms. The molecule has 0 aliphatic carbocycles. The van der Waals surface area contributed by atoms with Crippen LogP contribution in [0.2, 0.25) is 5.02 Å². The zero-order chi connectivity index (χ0) is 28.2. The van der Waals surface area contributed by atoms with Gasteiger partial charge in [-0.3, -0.25) is 9.59 Å². The van der Waals surface area contributed by atoms with Crippen molar-refractivity contribution in [2.24, 2.45) is 0 Å². The molecule has 206 valence electrons. The Morgan fingerprint density at radius 1 is 0.897 bits per heavy atom. The fourth-order valence-corrected chi connectivity index (χ4v) is 6.96. The zero-order valence-electron chi connectivity index (χ0n) is 22.5. The van der Waals surface area contributed by atoms with Crippen molar-refractivity contribution in [3.63, 3.8) is 0 Å². The van der Waals surface area contributed by atoms with Gasteiger partial charge in [-0.1, -0.05) is 53.6 Å². The Balaban J connectivity index is 1.51. The molecule has 7 nitrogen and oxygen atoms in total. The minimum atomic E-state index is -4.01. The molecule has 3 aromatic carbocycles. The molecule has 4 rings (SSSR count). The number of sulfonamides is 1. The van der Waals surface area contributed by atoms with E-state index in [2.05, 4.69) is 5.32 Å². The lowest BCUT2D eigenvalue weighted by atomic mass is 10.1. The summed E-state index contributed by atoms with van der Waals surface area (Å²) in [4.78, 5) is 27.6. The van der Waals surface area contributed by atoms with Gasteiger partial charge in [0.1, 0.15) is 0 Å². The Morgan fingerprint density at radius 3 is 2.05 bits per heavy atom. The standard InChI is InChI=1S/C30H34ClN3O4S/c1-21-16-22(2)30(23(3)17-21)39(37,38)34(19-25-6-10-26(31)11-7-25)20-28(35)32-27-12-8-24(9-13-27)18-29(36)33-14-4-5-15-33/h6-13,16-17H,4-5,14-15,18-20H2,1-3H3,(H,32,35). The summed E-state index contributed by atoms with van der Waals surface area (Å²) in [7, 11) is -4.01. The fourth-order valence-electron chi connectivity index (χ4n) is 5.04. The Bertz CT molecular complexity index is 1430. The number of likely N-dealkylation sites (tertiary alicyclic amines) is 1. The third-order valence-corrected chi connectivity index (χ3v) is 9.20. The quantitative estimate of drug-likeness (QED) is 0.382. The number of amides is 2. The van der Waals surface area contributed by atoms with Gasteiger partial charge in [-0.05, 0) is 80.1 Å². The Hall–Kier alpha value is -3.20. The second-order valence-corrected chi connectivity index (χ2v) is 12.4. The van der Waals surface area contributed by atoms with Crippen molar-refractivity contribution in [1.29, 1.82) is 0 Å². The fraction of sp³-hybridized carbons (Fsp3) is 0.333. The maximum atomic E-state index is 13.9. The van der Waals surface area contributed by atoms with Crippen molar-refractivity contribution in [1.82, 2.24) is 9.21 Å². The van der Waals surface area contributed by atoms with E-state index < -0.39 is 15.9 Å². The van der Waals surface area contributed by atoms with E-state index in [1.54, 1.807) is 50.2 Å². The van der Waals surface area contributed by atoms with Gasteiger partial charge in [-0.2, -0.15) is 4.31 Å². The molecule has 0 atom stereocenters. The molecular formula is C30H34ClN3O4S. The number of hydrogen-bond donors (Lipinski definition) is 1. The smallest absolute Gasteiger partial charge is 0.244 e. The number of carbonyl (C=O) groups is 2. The predicted molar refractivity (Wildman–Crippen MR) is 154 cm³/mol. The van der Waals surface area contributed by atoms with Crippen LogP contribution in [0.1, 0.15) is 40.7 Å². The van der Waals surface area contributed by atoms with Crippen LogP contribution in [-0.4, -0.2) is 49.1 Å². The number of hydrogen-bond acceptors (Lipinski definition) is 4. The van der Waals surface area contributed by atoms with Gasteiger partial charge >= 0.3 is 0 Å². The van der Waals surface area contributed by atoms with Gasteiger partial charge in [-0.15, -0.1) is 0 Å². The van der Waals surface area contributed by atoms with Crippen LogP contribution in [0.25, 0.3) is 0 Å². The zero-order valence-corrected chi connectivity index (χ0v) is 24.1. The van der Waals surface area contributed by atoms with Gasteiger partial charge < -0.3 is 10.2 Å². The monoisotopic (exact) mass is 567 g/mol. The van der Waals surface area contributed by atoms with Crippen molar-refractivity contribution < 1.29 is 18.0 Å². The molecule has 0 unspecified atom stereocenters. The molecule has 2 amide bonds. The maximum Gasteiger partial charge on any atom is 0.244 e. The highest BCUT2D eigenvalue weighted by Crippen LogP contribution is 2.27. The third kappa shape index (κ3) is 7.26. The summed E-state index contributed by atoms with van der Waals surface area (Å²) in [5.74, 6) is -0.357. The van der Waals surface area contributed by atoms with Gasteiger partial charge in [-0.25, -0.2) is 8.42 Å². The number of nitrogens with zero attached hydrogens (tertiary/aromatic N) is 2. The minimum absolute atomic E-state index is 0.0111. The van der Waals surface area contributed by atoms with Crippen molar-refractivity contribution in [2.75, 3.05) is 25.0 Å². The Labute approximate surface area is 235 Å². The molecule has 39 heavy (non-hydrogen) atoms. The molecule has 0 aromatic heterocycles. The largest absolute Gasteiger partial charge is 0.342 e. The average molecular weight is 568 g/mol. The topological polar surface area (TPSA) is 86.8 Å². The number of halogens is 1. The SMILES string of the molecule is Cc1cc(C)c(S(=O)(=O)N(CC(=O)Nc2ccc(CC(=O)N3CCCC3)cc2)Cc2ccc(Cl)cc2)c(C)c1. The maximum absolute atomic E-state index is 13.9. The highest BCUT2D eigenvalue weighted by Gasteiger charge is 2.30. The molecule has 9 heteroatoms. The van der Waals surface area contributed by atoms with Crippen LogP contribution in [-0.2, 0) is 32.6 Å². The van der Waals surface area contributed by atoms with Crippen molar-refractivity contribution in [2.45, 2.75) is 51.5 Å². The summed E-state index contributed by atoms with van der Waals surface area (Å²) in [6, 6.07) is 17.6. The average Bonchev–Trinajstić information content (AvgIpc) is 3.41. The molecule has 1 N–H and O–H groups in total. The number of carbonyl (C=O) groups excluding carboxylic acids is 2. The Kier molecular flexibility index (Phi) is 9.10. The lowest BCUT2D eigenvalue weighted by Gasteiger charge is -2.24. The van der Waals surface area contributed by atoms with E-state index in [9.17, 15) is 18.0 Å². The summed E-state index contributed by atoms with van der Waals surface area (Å²) in [6.45, 7) is 6.72. The first kappa shape index (κ1) is 28.8. The van der Waals surface area contributed by atoms with Gasteiger partial charge in [0.2, 0.25) is 21.8 Å². The summed E-state index contributed by atoms with van der Waals surface area (Å²) in [5.41, 5.74) is 4.34. The molecule has 1 fully saturated rings. The normalized spacial score (nSPS) is 13.6. The van der Waals surface area contributed by atoms with E-state index in [0.717, 1.165) is 37.1 Å². The van der Waals surface area contributed by atoms with Crippen molar-refractivity contribution in [3.05, 3.63) is 93.5 Å². The van der Waals surface area contributed by atoms with Crippen LogP contribution >= 0.6 is 11.6 Å². The number of aryl methyl sites for hydroxylation is 3. The first-order chi connectivity index (χ1) is 18.5. The summed E-state index contributed by atoms with van der Waals surface area (Å²) >= 11 is 6.02. The molecule has 1 saturated heterocycles. The molecule has 1 heterocycles. The van der Waals surface area contributed by atoms with Gasteiger partial charge in [0, 0.05) is 30.3 Å². The van der Waals surface area contributed by atoms with Crippen molar-refractivity contribution >= 4 is 39.1 Å². The molecule has 3 aromatic rings. The summed E-state index contributed by atoms with van der Waals surface area (Å²) in [6.07, 6.45) is 2.41. The van der Waals surface area contributed by atoms with Gasteiger partial charge in [0.25, 0.3) is 0 Å². The van der Waals surface area contributed by atoms with Crippen LogP contribution in [0.5, 0.6) is 0 Å². The highest BCUT2D eigenvalue weighted by molar-refractivity contribution is 7.89. The van der Waals surface area contributed by atoms with E-state index in [1.807, 2.05) is 36.1 Å². The second kappa shape index (κ2) is 12.3.